The molecule has 2 rings (SSSR count). The molecule has 3 heteroatoms. The van der Waals surface area contributed by atoms with Gasteiger partial charge in [0.25, 0.3) is 0 Å². The summed E-state index contributed by atoms with van der Waals surface area (Å²) in [4.78, 5) is 11.1. The minimum absolute atomic E-state index is 0.192. The highest BCUT2D eigenvalue weighted by molar-refractivity contribution is 5.75. The zero-order valence-corrected chi connectivity index (χ0v) is 11.3. The van der Waals surface area contributed by atoms with E-state index in [1.54, 1.807) is 0 Å². The minimum Gasteiger partial charge on any atom is -0.393 e. The molecule has 0 heterocycles. The molecule has 0 spiro atoms. The SMILES string of the molecule is CC1(C)[C@H](O)CC[C@]2(C)[C@H](C#N)C(C=O)=CC[C@H]12. The van der Waals surface area contributed by atoms with Crippen LogP contribution in [0.15, 0.2) is 11.6 Å². The molecule has 0 unspecified atom stereocenters. The molecule has 0 aromatic carbocycles. The molecule has 1 N–H and O–H groups in total. The monoisotopic (exact) mass is 247 g/mol. The van der Waals surface area contributed by atoms with E-state index in [1.165, 1.54) is 0 Å². The first kappa shape index (κ1) is 13.3. The van der Waals surface area contributed by atoms with Gasteiger partial charge in [-0.3, -0.25) is 4.79 Å². The highest BCUT2D eigenvalue weighted by Crippen LogP contribution is 2.59. The van der Waals surface area contributed by atoms with Crippen LogP contribution in [-0.2, 0) is 4.79 Å². The van der Waals surface area contributed by atoms with Crippen LogP contribution in [0.3, 0.4) is 0 Å². The standard InChI is InChI=1S/C15H21NO2/c1-14(2)12-5-4-10(9-17)11(8-16)15(12,3)7-6-13(14)18/h4,9,11-13,18H,5-7H2,1-3H3/t11-,12-,13-,15-/m1/s1. The average Bonchev–Trinajstić information content (AvgIpc) is 2.33. The molecule has 1 fully saturated rings. The van der Waals surface area contributed by atoms with Crippen molar-refractivity contribution in [2.75, 3.05) is 0 Å². The van der Waals surface area contributed by atoms with Gasteiger partial charge in [0.15, 0.2) is 0 Å². The molecule has 1 saturated carbocycles. The smallest absolute Gasteiger partial charge is 0.147 e. The zero-order chi connectivity index (χ0) is 13.6. The lowest BCUT2D eigenvalue weighted by Gasteiger charge is -2.56. The Balaban J connectivity index is 2.48. The fourth-order valence-electron chi connectivity index (χ4n) is 4.09. The van der Waals surface area contributed by atoms with Crippen LogP contribution < -0.4 is 0 Å². The van der Waals surface area contributed by atoms with E-state index in [4.69, 9.17) is 0 Å². The molecule has 0 radical (unpaired) electrons. The fraction of sp³-hybridized carbons (Fsp3) is 0.733. The maximum absolute atomic E-state index is 11.1. The Bertz CT molecular complexity index is 432. The molecule has 0 aromatic heterocycles. The summed E-state index contributed by atoms with van der Waals surface area (Å²) in [6.45, 7) is 6.26. The van der Waals surface area contributed by atoms with Crippen LogP contribution in [0.2, 0.25) is 0 Å². The number of nitrogens with zero attached hydrogens (tertiary/aromatic N) is 1. The molecule has 0 aliphatic heterocycles. The number of allylic oxidation sites excluding steroid dienone is 2. The molecule has 0 saturated heterocycles. The van der Waals surface area contributed by atoms with E-state index in [1.807, 2.05) is 6.08 Å². The van der Waals surface area contributed by atoms with E-state index in [0.717, 1.165) is 19.1 Å². The second-order valence-electron chi connectivity index (χ2n) is 6.55. The maximum Gasteiger partial charge on any atom is 0.147 e. The Morgan fingerprint density at radius 1 is 1.50 bits per heavy atom. The first-order valence-electron chi connectivity index (χ1n) is 6.61. The highest BCUT2D eigenvalue weighted by atomic mass is 16.3. The van der Waals surface area contributed by atoms with Crippen LogP contribution in [0.4, 0.5) is 0 Å². The molecule has 2 aliphatic carbocycles. The van der Waals surface area contributed by atoms with Gasteiger partial charge in [-0.05, 0) is 36.0 Å². The van der Waals surface area contributed by atoms with Gasteiger partial charge in [-0.25, -0.2) is 0 Å². The second kappa shape index (κ2) is 4.20. The van der Waals surface area contributed by atoms with E-state index in [0.29, 0.717) is 12.0 Å². The predicted octanol–water partition coefficient (Wildman–Crippen LogP) is 2.46. The lowest BCUT2D eigenvalue weighted by molar-refractivity contribution is -0.115. The van der Waals surface area contributed by atoms with Crippen molar-refractivity contribution in [3.63, 3.8) is 0 Å². The van der Waals surface area contributed by atoms with Crippen molar-refractivity contribution in [1.29, 1.82) is 5.26 Å². The van der Waals surface area contributed by atoms with Crippen molar-refractivity contribution in [3.05, 3.63) is 11.6 Å². The van der Waals surface area contributed by atoms with Crippen molar-refractivity contribution < 1.29 is 9.90 Å². The van der Waals surface area contributed by atoms with E-state index in [-0.39, 0.29) is 28.8 Å². The lowest BCUT2D eigenvalue weighted by atomic mass is 9.48. The first-order valence-corrected chi connectivity index (χ1v) is 6.61. The third-order valence-electron chi connectivity index (χ3n) is 5.36. The summed E-state index contributed by atoms with van der Waals surface area (Å²) in [6.07, 6.45) is 4.71. The van der Waals surface area contributed by atoms with Gasteiger partial charge in [0.2, 0.25) is 0 Å². The van der Waals surface area contributed by atoms with Crippen molar-refractivity contribution >= 4 is 6.29 Å². The Labute approximate surface area is 108 Å². The van der Waals surface area contributed by atoms with Crippen LogP contribution >= 0.6 is 0 Å². The van der Waals surface area contributed by atoms with Gasteiger partial charge in [-0.2, -0.15) is 5.26 Å². The molecule has 3 nitrogen and oxygen atoms in total. The number of carbonyl (C=O) groups is 1. The van der Waals surface area contributed by atoms with Gasteiger partial charge in [0.1, 0.15) is 6.29 Å². The number of rotatable bonds is 1. The van der Waals surface area contributed by atoms with Crippen molar-refractivity contribution in [1.82, 2.24) is 0 Å². The summed E-state index contributed by atoms with van der Waals surface area (Å²) in [6, 6.07) is 2.32. The number of nitriles is 1. The highest BCUT2D eigenvalue weighted by Gasteiger charge is 2.55. The summed E-state index contributed by atoms with van der Waals surface area (Å²) in [5.74, 6) is -0.0809. The summed E-state index contributed by atoms with van der Waals surface area (Å²) in [7, 11) is 0. The first-order chi connectivity index (χ1) is 8.37. The van der Waals surface area contributed by atoms with Gasteiger partial charge in [-0.1, -0.05) is 26.8 Å². The Morgan fingerprint density at radius 3 is 2.72 bits per heavy atom. The van der Waals surface area contributed by atoms with Crippen molar-refractivity contribution in [2.45, 2.75) is 46.1 Å². The Morgan fingerprint density at radius 2 is 2.17 bits per heavy atom. The summed E-state index contributed by atoms with van der Waals surface area (Å²) in [5, 5.41) is 19.6. The van der Waals surface area contributed by atoms with Gasteiger partial charge in [0.05, 0.1) is 18.1 Å². The van der Waals surface area contributed by atoms with Crippen molar-refractivity contribution in [2.24, 2.45) is 22.7 Å². The van der Waals surface area contributed by atoms with Crippen LogP contribution in [-0.4, -0.2) is 17.5 Å². The number of hydrogen-bond donors (Lipinski definition) is 1. The van der Waals surface area contributed by atoms with E-state index in [2.05, 4.69) is 26.8 Å². The summed E-state index contributed by atoms with van der Waals surface area (Å²) < 4.78 is 0. The Kier molecular flexibility index (Phi) is 3.11. The minimum atomic E-state index is -0.333. The van der Waals surface area contributed by atoms with Gasteiger partial charge >= 0.3 is 0 Å². The lowest BCUT2D eigenvalue weighted by Crippen LogP contribution is -2.54. The second-order valence-corrected chi connectivity index (χ2v) is 6.55. The molecule has 4 atom stereocenters. The molecular formula is C15H21NO2. The van der Waals surface area contributed by atoms with E-state index >= 15 is 0 Å². The number of aliphatic hydroxyl groups excluding tert-OH is 1. The topological polar surface area (TPSA) is 61.1 Å². The molecular weight excluding hydrogens is 226 g/mol. The zero-order valence-electron chi connectivity index (χ0n) is 11.3. The average molecular weight is 247 g/mol. The van der Waals surface area contributed by atoms with Gasteiger partial charge in [0, 0.05) is 5.57 Å². The van der Waals surface area contributed by atoms with Crippen LogP contribution in [0.1, 0.15) is 40.0 Å². The third kappa shape index (κ3) is 1.63. The third-order valence-corrected chi connectivity index (χ3v) is 5.36. The largest absolute Gasteiger partial charge is 0.393 e. The number of aldehydes is 1. The quantitative estimate of drug-likeness (QED) is 0.724. The fourth-order valence-corrected chi connectivity index (χ4v) is 4.09. The molecule has 2 aliphatic rings. The van der Waals surface area contributed by atoms with Crippen LogP contribution in [0.5, 0.6) is 0 Å². The summed E-state index contributed by atoms with van der Waals surface area (Å²) in [5.41, 5.74) is 0.235. The predicted molar refractivity (Wildman–Crippen MR) is 68.5 cm³/mol. The van der Waals surface area contributed by atoms with E-state index < -0.39 is 0 Å². The number of hydrogen-bond acceptors (Lipinski definition) is 3. The van der Waals surface area contributed by atoms with Gasteiger partial charge in [-0.15, -0.1) is 0 Å². The van der Waals surface area contributed by atoms with E-state index in [9.17, 15) is 15.2 Å². The number of aliphatic hydroxyl groups is 1. The Hall–Kier alpha value is -1.14. The maximum atomic E-state index is 11.1. The van der Waals surface area contributed by atoms with Crippen LogP contribution in [0, 0.1) is 34.0 Å². The molecule has 98 valence electrons. The molecule has 0 amide bonds. The van der Waals surface area contributed by atoms with Crippen molar-refractivity contribution in [3.8, 4) is 6.07 Å². The van der Waals surface area contributed by atoms with Crippen LogP contribution in [0.25, 0.3) is 0 Å². The molecule has 18 heavy (non-hydrogen) atoms. The molecule has 0 bridgehead atoms. The summed E-state index contributed by atoms with van der Waals surface area (Å²) >= 11 is 0. The van der Waals surface area contributed by atoms with Gasteiger partial charge < -0.3 is 5.11 Å². The number of carbonyl (C=O) groups excluding carboxylic acids is 1. The normalized spacial score (nSPS) is 42.4. The molecule has 0 aromatic rings. The number of fused-ring (bicyclic) bond motifs is 1.